The normalized spacial score (nSPS) is 41.5. The number of imide groups is 1. The molecule has 0 unspecified atom stereocenters. The minimum absolute atomic E-state index is 0.0582. The van der Waals surface area contributed by atoms with Crippen molar-refractivity contribution in [3.63, 3.8) is 0 Å². The van der Waals surface area contributed by atoms with E-state index in [0.717, 1.165) is 6.42 Å². The van der Waals surface area contributed by atoms with E-state index in [1.165, 1.54) is 4.90 Å². The number of nitrogens with zero attached hydrogens (tertiary/aromatic N) is 1. The molecule has 4 aliphatic carbocycles. The highest BCUT2D eigenvalue weighted by atomic mass is 16.2. The van der Waals surface area contributed by atoms with Crippen LogP contribution in [0, 0.1) is 35.5 Å². The van der Waals surface area contributed by atoms with Gasteiger partial charge < -0.3 is 0 Å². The highest BCUT2D eigenvalue weighted by Crippen LogP contribution is 2.59. The summed E-state index contributed by atoms with van der Waals surface area (Å²) in [6, 6.07) is 9.05. The second-order valence-corrected chi connectivity index (χ2v) is 6.80. The van der Waals surface area contributed by atoms with Crippen molar-refractivity contribution in [2.24, 2.45) is 35.5 Å². The maximum Gasteiger partial charge on any atom is 0.238 e. The molecule has 1 heterocycles. The molecule has 1 aliphatic heterocycles. The largest absolute Gasteiger partial charge is 0.299 e. The van der Waals surface area contributed by atoms with Crippen LogP contribution >= 0.6 is 0 Å². The summed E-state index contributed by atoms with van der Waals surface area (Å²) in [7, 11) is 0. The quantitative estimate of drug-likeness (QED) is 0.586. The molecular formula is C18H15NO3. The summed E-state index contributed by atoms with van der Waals surface area (Å²) < 4.78 is 0. The number of anilines is 1. The fourth-order valence-corrected chi connectivity index (χ4v) is 4.71. The van der Waals surface area contributed by atoms with Crippen molar-refractivity contribution in [1.29, 1.82) is 0 Å². The summed E-state index contributed by atoms with van der Waals surface area (Å²) in [6.45, 7) is 0. The second kappa shape index (κ2) is 3.94. The van der Waals surface area contributed by atoms with E-state index in [1.54, 1.807) is 12.1 Å². The molecule has 2 amide bonds. The Morgan fingerprint density at radius 2 is 1.64 bits per heavy atom. The van der Waals surface area contributed by atoms with Gasteiger partial charge in [0.1, 0.15) is 5.78 Å². The van der Waals surface area contributed by atoms with E-state index >= 15 is 0 Å². The number of allylic oxidation sites excluding steroid dienone is 2. The van der Waals surface area contributed by atoms with Gasteiger partial charge >= 0.3 is 0 Å². The molecule has 0 radical (unpaired) electrons. The van der Waals surface area contributed by atoms with E-state index in [1.807, 2.05) is 30.4 Å². The third-order valence-electron chi connectivity index (χ3n) is 5.78. The molecule has 0 N–H and O–H groups in total. The molecule has 110 valence electrons. The lowest BCUT2D eigenvalue weighted by atomic mass is 9.71. The van der Waals surface area contributed by atoms with Gasteiger partial charge in [-0.2, -0.15) is 0 Å². The lowest BCUT2D eigenvalue weighted by Gasteiger charge is -2.28. The number of carbonyl (C=O) groups is 3. The Morgan fingerprint density at radius 3 is 2.41 bits per heavy atom. The molecule has 3 fully saturated rings. The Hall–Kier alpha value is -2.23. The van der Waals surface area contributed by atoms with Crippen LogP contribution in [-0.2, 0) is 14.4 Å². The maximum absolute atomic E-state index is 12.9. The van der Waals surface area contributed by atoms with Crippen LogP contribution in [0.1, 0.15) is 6.42 Å². The molecule has 22 heavy (non-hydrogen) atoms. The van der Waals surface area contributed by atoms with Gasteiger partial charge in [-0.15, -0.1) is 0 Å². The summed E-state index contributed by atoms with van der Waals surface area (Å²) in [4.78, 5) is 39.7. The first kappa shape index (κ1) is 12.3. The zero-order chi connectivity index (χ0) is 15.0. The van der Waals surface area contributed by atoms with Crippen molar-refractivity contribution < 1.29 is 14.4 Å². The summed E-state index contributed by atoms with van der Waals surface area (Å²) in [5, 5.41) is 0. The monoisotopic (exact) mass is 293 g/mol. The van der Waals surface area contributed by atoms with Crippen LogP contribution in [0.4, 0.5) is 5.69 Å². The number of benzene rings is 1. The van der Waals surface area contributed by atoms with Gasteiger partial charge in [-0.25, -0.2) is 0 Å². The van der Waals surface area contributed by atoms with Crippen LogP contribution in [0.2, 0.25) is 0 Å². The zero-order valence-corrected chi connectivity index (χ0v) is 11.9. The Kier molecular flexibility index (Phi) is 2.21. The van der Waals surface area contributed by atoms with E-state index in [-0.39, 0.29) is 41.3 Å². The first-order valence-corrected chi connectivity index (χ1v) is 7.83. The van der Waals surface area contributed by atoms with Crippen molar-refractivity contribution in [2.75, 3.05) is 4.90 Å². The molecule has 4 heteroatoms. The fraction of sp³-hybridized carbons (Fsp3) is 0.389. The Morgan fingerprint density at radius 1 is 0.909 bits per heavy atom. The lowest BCUT2D eigenvalue weighted by molar-refractivity contribution is -0.130. The smallest absolute Gasteiger partial charge is 0.238 e. The standard InChI is InChI=1S/C18H15NO3/c20-16-11-7-6-10(12-8-13(12)16)14-15(11)18(22)19(17(14)21)9-4-2-1-3-5-9/h1-7,10-15H,8H2/t10-,11-,12-,13-,14-,15-/m0/s1. The predicted octanol–water partition coefficient (Wildman–Crippen LogP) is 1.81. The van der Waals surface area contributed by atoms with Crippen LogP contribution in [0.5, 0.6) is 0 Å². The van der Waals surface area contributed by atoms with Crippen LogP contribution < -0.4 is 4.90 Å². The summed E-state index contributed by atoms with van der Waals surface area (Å²) in [5.41, 5.74) is 0.616. The number of carbonyl (C=O) groups excluding carboxylic acids is 3. The van der Waals surface area contributed by atoms with Crippen molar-refractivity contribution in [3.05, 3.63) is 42.5 Å². The van der Waals surface area contributed by atoms with Gasteiger partial charge in [0.05, 0.1) is 17.5 Å². The lowest BCUT2D eigenvalue weighted by Crippen LogP contribution is -2.35. The SMILES string of the molecule is O=C1[C@H]2C=C[C@@H]([C@@H]3C[C@H]13)[C@@H]1C(=O)N(c3ccccc3)C(=O)[C@H]12. The van der Waals surface area contributed by atoms with E-state index in [0.29, 0.717) is 5.69 Å². The molecule has 1 aromatic rings. The van der Waals surface area contributed by atoms with Gasteiger partial charge in [-0.05, 0) is 30.4 Å². The number of para-hydroxylation sites is 1. The topological polar surface area (TPSA) is 54.5 Å². The average molecular weight is 293 g/mol. The molecule has 2 bridgehead atoms. The highest BCUT2D eigenvalue weighted by Gasteiger charge is 2.65. The third-order valence-corrected chi connectivity index (χ3v) is 5.78. The Bertz CT molecular complexity index is 738. The number of rotatable bonds is 1. The van der Waals surface area contributed by atoms with Crippen LogP contribution in [0.25, 0.3) is 0 Å². The summed E-state index contributed by atoms with van der Waals surface area (Å²) >= 11 is 0. The first-order chi connectivity index (χ1) is 10.7. The number of ketones is 1. The van der Waals surface area contributed by atoms with Crippen molar-refractivity contribution >= 4 is 23.3 Å². The molecular weight excluding hydrogens is 278 g/mol. The highest BCUT2D eigenvalue weighted by molar-refractivity contribution is 6.23. The van der Waals surface area contributed by atoms with E-state index in [4.69, 9.17) is 0 Å². The molecule has 2 saturated carbocycles. The number of hydrogen-bond acceptors (Lipinski definition) is 3. The molecule has 0 spiro atoms. The van der Waals surface area contributed by atoms with Crippen molar-refractivity contribution in [3.8, 4) is 0 Å². The average Bonchev–Trinajstić information content (AvgIpc) is 3.31. The van der Waals surface area contributed by atoms with Crippen molar-refractivity contribution in [2.45, 2.75) is 6.42 Å². The van der Waals surface area contributed by atoms with E-state index < -0.39 is 11.8 Å². The predicted molar refractivity (Wildman–Crippen MR) is 78.6 cm³/mol. The molecule has 6 atom stereocenters. The van der Waals surface area contributed by atoms with Gasteiger partial charge in [-0.3, -0.25) is 19.3 Å². The van der Waals surface area contributed by atoms with Crippen molar-refractivity contribution in [1.82, 2.24) is 0 Å². The fourth-order valence-electron chi connectivity index (χ4n) is 4.71. The van der Waals surface area contributed by atoms with Gasteiger partial charge in [0.2, 0.25) is 11.8 Å². The van der Waals surface area contributed by atoms with Gasteiger partial charge in [0.15, 0.2) is 0 Å². The zero-order valence-electron chi connectivity index (χ0n) is 11.9. The molecule has 0 aromatic heterocycles. The molecule has 4 nitrogen and oxygen atoms in total. The number of hydrogen-bond donors (Lipinski definition) is 0. The summed E-state index contributed by atoms with van der Waals surface area (Å²) in [5.74, 6) is -0.958. The maximum atomic E-state index is 12.9. The van der Waals surface area contributed by atoms with Gasteiger partial charge in [0.25, 0.3) is 0 Å². The van der Waals surface area contributed by atoms with Gasteiger partial charge in [-0.1, -0.05) is 30.4 Å². The number of Topliss-reactive ketones (excluding diaryl/α,β-unsaturated/α-hetero) is 1. The first-order valence-electron chi connectivity index (χ1n) is 7.83. The molecule has 1 aromatic carbocycles. The van der Waals surface area contributed by atoms with Gasteiger partial charge in [0, 0.05) is 11.8 Å². The van der Waals surface area contributed by atoms with Crippen LogP contribution in [-0.4, -0.2) is 17.6 Å². The Labute approximate surface area is 127 Å². The summed E-state index contributed by atoms with van der Waals surface area (Å²) in [6.07, 6.45) is 4.81. The molecule has 6 rings (SSSR count). The molecule has 5 aliphatic rings. The minimum atomic E-state index is -0.483. The molecule has 1 saturated heterocycles. The second-order valence-electron chi connectivity index (χ2n) is 6.80. The Balaban J connectivity index is 1.62. The van der Waals surface area contributed by atoms with Crippen LogP contribution in [0.3, 0.4) is 0 Å². The van der Waals surface area contributed by atoms with Crippen LogP contribution in [0.15, 0.2) is 42.5 Å². The van der Waals surface area contributed by atoms with E-state index in [9.17, 15) is 14.4 Å². The minimum Gasteiger partial charge on any atom is -0.299 e. The van der Waals surface area contributed by atoms with E-state index in [2.05, 4.69) is 0 Å². The number of amides is 2. The third kappa shape index (κ3) is 1.35.